The number of rotatable bonds is 5. The predicted octanol–water partition coefficient (Wildman–Crippen LogP) is 5.81. The maximum atomic E-state index is 4.12. The van der Waals surface area contributed by atoms with Crippen molar-refractivity contribution in [1.82, 2.24) is 24.3 Å². The van der Waals surface area contributed by atoms with Crippen LogP contribution >= 0.6 is 0 Å². The van der Waals surface area contributed by atoms with Crippen LogP contribution in [0.15, 0.2) is 171 Å². The Morgan fingerprint density at radius 2 is 1.07 bits per heavy atom. The standard InChI is InChI=1S/2C15H11N2.C8H6N3.Ir/c2*1-3-7-14(8-4-1)16-11-12-17(13-16)15-9-5-2-6-10-15;1-2-5-9-7(3-1)8-4-6-10-11-8;/h2*1-9,11-12H;1-6H;/q3*-1;. The number of imidazole rings is 2. The number of benzene rings is 4. The second-order valence-corrected chi connectivity index (χ2v) is 9.57. The third-order valence-corrected chi connectivity index (χ3v) is 6.53. The number of para-hydroxylation sites is 4. The van der Waals surface area contributed by atoms with E-state index in [9.17, 15) is 0 Å². The third-order valence-electron chi connectivity index (χ3n) is 6.53. The SMILES string of the molecule is [Ir].[c-]1ccccc1-n1[c-][n+](-c2ccccc2)cc1.[c-]1ccccc1-n1[c-][n+](-c2ccccc2)cc1.c1ccc(-c2ccn[n-]2)nc1. The molecule has 0 atom stereocenters. The van der Waals surface area contributed by atoms with Gasteiger partial charge in [0.05, 0.1) is 11.4 Å². The van der Waals surface area contributed by atoms with Gasteiger partial charge in [0.25, 0.3) is 12.7 Å². The molecule has 0 saturated carbocycles. The number of nitrogens with zero attached hydrogens (tertiary/aromatic N) is 7. The van der Waals surface area contributed by atoms with Gasteiger partial charge >= 0.3 is 0 Å². The number of pyridine rings is 1. The molecule has 0 fully saturated rings. The summed E-state index contributed by atoms with van der Waals surface area (Å²) in [6, 6.07) is 49.9. The molecule has 7 nitrogen and oxygen atoms in total. The molecule has 4 aromatic carbocycles. The monoisotopic (exact) mass is 775 g/mol. The first-order valence-corrected chi connectivity index (χ1v) is 14.3. The Bertz CT molecular complexity index is 1750. The Labute approximate surface area is 282 Å². The van der Waals surface area contributed by atoms with E-state index in [0.29, 0.717) is 0 Å². The van der Waals surface area contributed by atoms with E-state index in [2.05, 4.69) is 64.2 Å². The van der Waals surface area contributed by atoms with Crippen molar-refractivity contribution in [2.24, 2.45) is 0 Å². The van der Waals surface area contributed by atoms with Crippen molar-refractivity contribution in [3.8, 4) is 34.1 Å². The van der Waals surface area contributed by atoms with E-state index in [1.807, 2.05) is 152 Å². The second-order valence-electron chi connectivity index (χ2n) is 9.57. The van der Waals surface area contributed by atoms with Crippen LogP contribution in [-0.4, -0.2) is 19.2 Å². The molecule has 4 heterocycles. The fourth-order valence-electron chi connectivity index (χ4n) is 4.32. The van der Waals surface area contributed by atoms with E-state index in [4.69, 9.17) is 0 Å². The van der Waals surface area contributed by atoms with Crippen LogP contribution in [0, 0.1) is 24.8 Å². The van der Waals surface area contributed by atoms with Crippen LogP contribution in [0.4, 0.5) is 0 Å². The summed E-state index contributed by atoms with van der Waals surface area (Å²) in [4.78, 5) is 4.12. The molecule has 8 heteroatoms. The largest absolute Gasteiger partial charge is 0.574 e. The summed E-state index contributed by atoms with van der Waals surface area (Å²) in [7, 11) is 0. The molecular formula is C38H28IrN7-3. The summed E-state index contributed by atoms with van der Waals surface area (Å²) in [5.41, 5.74) is 5.87. The molecule has 0 unspecified atom stereocenters. The second kappa shape index (κ2) is 16.4. The zero-order valence-corrected chi connectivity index (χ0v) is 27.0. The summed E-state index contributed by atoms with van der Waals surface area (Å²) in [5.74, 6) is 0. The molecular weight excluding hydrogens is 747 g/mol. The molecule has 8 aromatic rings. The number of aromatic nitrogens is 7. The quantitative estimate of drug-likeness (QED) is 0.164. The molecule has 0 spiro atoms. The molecule has 1 radical (unpaired) electrons. The molecule has 227 valence electrons. The van der Waals surface area contributed by atoms with Gasteiger partial charge in [0.2, 0.25) is 0 Å². The zero-order valence-electron chi connectivity index (χ0n) is 24.6. The van der Waals surface area contributed by atoms with Crippen molar-refractivity contribution in [3.63, 3.8) is 0 Å². The maximum Gasteiger partial charge on any atom is 0.267 e. The molecule has 0 saturated heterocycles. The Morgan fingerprint density at radius 1 is 0.543 bits per heavy atom. The average molecular weight is 775 g/mol. The smallest absolute Gasteiger partial charge is 0.267 e. The van der Waals surface area contributed by atoms with Gasteiger partial charge in [-0.2, -0.15) is 60.7 Å². The first-order chi connectivity index (χ1) is 22.3. The van der Waals surface area contributed by atoms with Crippen molar-refractivity contribution < 1.29 is 29.2 Å². The minimum absolute atomic E-state index is 0. The molecule has 0 amide bonds. The van der Waals surface area contributed by atoms with Crippen LogP contribution in [-0.2, 0) is 20.1 Å². The molecule has 0 aliphatic rings. The van der Waals surface area contributed by atoms with Crippen LogP contribution in [0.5, 0.6) is 0 Å². The molecule has 46 heavy (non-hydrogen) atoms. The Morgan fingerprint density at radius 3 is 1.50 bits per heavy atom. The summed E-state index contributed by atoms with van der Waals surface area (Å²) in [6.45, 7) is 0. The fourth-order valence-corrected chi connectivity index (χ4v) is 4.32. The van der Waals surface area contributed by atoms with Crippen LogP contribution in [0.25, 0.3) is 34.1 Å². The number of hydrogen-bond acceptors (Lipinski definition) is 2. The minimum Gasteiger partial charge on any atom is -0.574 e. The van der Waals surface area contributed by atoms with Crippen LogP contribution in [0.1, 0.15) is 0 Å². The van der Waals surface area contributed by atoms with E-state index >= 15 is 0 Å². The van der Waals surface area contributed by atoms with Gasteiger partial charge in [0, 0.05) is 63.0 Å². The topological polar surface area (TPSA) is 57.5 Å². The molecule has 0 aliphatic carbocycles. The van der Waals surface area contributed by atoms with E-state index in [-0.39, 0.29) is 20.1 Å². The zero-order chi connectivity index (χ0) is 30.5. The Hall–Kier alpha value is -5.69. The van der Waals surface area contributed by atoms with Gasteiger partial charge in [-0.15, -0.1) is 0 Å². The van der Waals surface area contributed by atoms with E-state index in [1.54, 1.807) is 12.4 Å². The van der Waals surface area contributed by atoms with E-state index < -0.39 is 0 Å². The van der Waals surface area contributed by atoms with Gasteiger partial charge in [-0.25, -0.2) is 0 Å². The first kappa shape index (κ1) is 31.7. The maximum absolute atomic E-state index is 4.12. The van der Waals surface area contributed by atoms with Crippen LogP contribution in [0.2, 0.25) is 0 Å². The Kier molecular flexibility index (Phi) is 11.3. The van der Waals surface area contributed by atoms with Crippen molar-refractivity contribution >= 4 is 0 Å². The molecule has 4 aromatic heterocycles. The van der Waals surface area contributed by atoms with Gasteiger partial charge in [-0.1, -0.05) is 54.2 Å². The van der Waals surface area contributed by atoms with Crippen molar-refractivity contribution in [1.29, 1.82) is 0 Å². The van der Waals surface area contributed by atoms with Gasteiger partial charge in [-0.3, -0.25) is 14.1 Å². The van der Waals surface area contributed by atoms with Crippen molar-refractivity contribution in [3.05, 3.63) is 195 Å². The summed E-state index contributed by atoms with van der Waals surface area (Å²) < 4.78 is 7.77. The van der Waals surface area contributed by atoms with Crippen LogP contribution < -0.4 is 14.2 Å². The van der Waals surface area contributed by atoms with Gasteiger partial charge in [-0.05, 0) is 47.8 Å². The van der Waals surface area contributed by atoms with E-state index in [1.165, 1.54) is 0 Å². The fraction of sp³-hybridized carbons (Fsp3) is 0. The Balaban J connectivity index is 0.000000138. The summed E-state index contributed by atoms with van der Waals surface area (Å²) in [6.07, 6.45) is 17.8. The number of hydrogen-bond donors (Lipinski definition) is 0. The van der Waals surface area contributed by atoms with Crippen LogP contribution in [0.3, 0.4) is 0 Å². The van der Waals surface area contributed by atoms with Gasteiger partial charge < -0.3 is 19.3 Å². The average Bonchev–Trinajstić information content (AvgIpc) is 3.94. The summed E-state index contributed by atoms with van der Waals surface area (Å²) >= 11 is 0. The molecule has 0 aliphatic heterocycles. The van der Waals surface area contributed by atoms with Gasteiger partial charge in [0.1, 0.15) is 0 Å². The van der Waals surface area contributed by atoms with Crippen molar-refractivity contribution in [2.45, 2.75) is 0 Å². The summed E-state index contributed by atoms with van der Waals surface area (Å²) in [5, 5.41) is 7.58. The normalized spacial score (nSPS) is 10.0. The molecule has 0 N–H and O–H groups in total. The van der Waals surface area contributed by atoms with Crippen molar-refractivity contribution in [2.75, 3.05) is 0 Å². The van der Waals surface area contributed by atoms with E-state index in [0.717, 1.165) is 34.1 Å². The minimum atomic E-state index is 0. The molecule has 8 rings (SSSR count). The predicted molar refractivity (Wildman–Crippen MR) is 171 cm³/mol. The third kappa shape index (κ3) is 8.48. The first-order valence-electron chi connectivity index (χ1n) is 14.3. The van der Waals surface area contributed by atoms with Gasteiger partial charge in [0.15, 0.2) is 0 Å². The molecule has 0 bridgehead atoms.